The van der Waals surface area contributed by atoms with E-state index < -0.39 is 33.3 Å². The second kappa shape index (κ2) is 4.78. The first-order valence-corrected chi connectivity index (χ1v) is 7.61. The molecule has 1 aliphatic rings. The van der Waals surface area contributed by atoms with Crippen molar-refractivity contribution in [2.45, 2.75) is 6.04 Å². The van der Waals surface area contributed by atoms with Gasteiger partial charge in [0.15, 0.2) is 11.6 Å². The lowest BCUT2D eigenvalue weighted by Gasteiger charge is -2.27. The van der Waals surface area contributed by atoms with Crippen LogP contribution in [0.5, 0.6) is 5.75 Å². The molecule has 0 bridgehead atoms. The number of rotatable bonds is 3. The van der Waals surface area contributed by atoms with Crippen molar-refractivity contribution in [1.29, 1.82) is 0 Å². The molecule has 0 saturated carbocycles. The SMILES string of the molecule is COS(=O)(=O)C[C@@H]1COc2c(F)cnc3ccc(=O)n1c23. The van der Waals surface area contributed by atoms with Crippen LogP contribution in [0.15, 0.2) is 23.1 Å². The Bertz CT molecular complexity index is 877. The Balaban J connectivity index is 2.25. The van der Waals surface area contributed by atoms with Crippen LogP contribution in [-0.2, 0) is 14.3 Å². The molecule has 0 unspecified atom stereocenters. The van der Waals surface area contributed by atoms with E-state index in [1.165, 1.54) is 16.7 Å². The van der Waals surface area contributed by atoms with Gasteiger partial charge in [-0.1, -0.05) is 0 Å². The molecule has 1 aliphatic heterocycles. The first kappa shape index (κ1) is 14.0. The number of halogens is 1. The maximum absolute atomic E-state index is 13.8. The van der Waals surface area contributed by atoms with Crippen LogP contribution in [0.3, 0.4) is 0 Å². The lowest BCUT2D eigenvalue weighted by molar-refractivity contribution is 0.232. The first-order valence-electron chi connectivity index (χ1n) is 6.04. The number of hydrogen-bond acceptors (Lipinski definition) is 6. The molecule has 0 saturated heterocycles. The van der Waals surface area contributed by atoms with Gasteiger partial charge >= 0.3 is 0 Å². The normalized spacial score (nSPS) is 17.7. The van der Waals surface area contributed by atoms with E-state index in [4.69, 9.17) is 4.74 Å². The van der Waals surface area contributed by atoms with Crippen molar-refractivity contribution < 1.29 is 21.7 Å². The van der Waals surface area contributed by atoms with Gasteiger partial charge in [-0.05, 0) is 6.07 Å². The van der Waals surface area contributed by atoms with E-state index in [9.17, 15) is 17.6 Å². The average molecular weight is 314 g/mol. The highest BCUT2D eigenvalue weighted by Crippen LogP contribution is 2.32. The van der Waals surface area contributed by atoms with Gasteiger partial charge in [0.25, 0.3) is 15.7 Å². The van der Waals surface area contributed by atoms with Gasteiger partial charge in [0.05, 0.1) is 30.6 Å². The molecule has 0 amide bonds. The van der Waals surface area contributed by atoms with Gasteiger partial charge in [-0.3, -0.25) is 18.5 Å². The Labute approximate surface area is 119 Å². The summed E-state index contributed by atoms with van der Waals surface area (Å²) in [6, 6.07) is 1.89. The Morgan fingerprint density at radius 3 is 3.00 bits per heavy atom. The second-order valence-corrected chi connectivity index (χ2v) is 6.35. The maximum atomic E-state index is 13.8. The van der Waals surface area contributed by atoms with Gasteiger partial charge in [-0.15, -0.1) is 0 Å². The number of ether oxygens (including phenoxy) is 1. The molecule has 21 heavy (non-hydrogen) atoms. The summed E-state index contributed by atoms with van der Waals surface area (Å²) in [4.78, 5) is 15.9. The highest BCUT2D eigenvalue weighted by molar-refractivity contribution is 7.86. The molecule has 0 radical (unpaired) electrons. The molecule has 112 valence electrons. The molecule has 0 N–H and O–H groups in total. The average Bonchev–Trinajstić information content (AvgIpc) is 2.45. The molecule has 3 heterocycles. The molecule has 0 fully saturated rings. The highest BCUT2D eigenvalue weighted by Gasteiger charge is 2.30. The number of pyridine rings is 2. The van der Waals surface area contributed by atoms with Crippen LogP contribution in [0, 0.1) is 5.82 Å². The Kier molecular flexibility index (Phi) is 3.18. The smallest absolute Gasteiger partial charge is 0.269 e. The van der Waals surface area contributed by atoms with E-state index in [1.54, 1.807) is 0 Å². The van der Waals surface area contributed by atoms with Crippen LogP contribution >= 0.6 is 0 Å². The van der Waals surface area contributed by atoms with Crippen LogP contribution in [0.25, 0.3) is 11.0 Å². The maximum Gasteiger partial charge on any atom is 0.269 e. The van der Waals surface area contributed by atoms with E-state index in [0.29, 0.717) is 5.52 Å². The molecular weight excluding hydrogens is 303 g/mol. The number of hydrogen-bond donors (Lipinski definition) is 0. The fourth-order valence-electron chi connectivity index (χ4n) is 2.35. The summed E-state index contributed by atoms with van der Waals surface area (Å²) in [5.41, 5.74) is 0.0614. The van der Waals surface area contributed by atoms with Crippen molar-refractivity contribution in [3.05, 3.63) is 34.5 Å². The molecule has 3 rings (SSSR count). The molecule has 9 heteroatoms. The Morgan fingerprint density at radius 1 is 1.52 bits per heavy atom. The van der Waals surface area contributed by atoms with E-state index in [2.05, 4.69) is 9.17 Å². The van der Waals surface area contributed by atoms with Gasteiger partial charge in [-0.25, -0.2) is 4.39 Å². The van der Waals surface area contributed by atoms with Crippen molar-refractivity contribution in [2.75, 3.05) is 19.5 Å². The van der Waals surface area contributed by atoms with E-state index in [1.807, 2.05) is 0 Å². The van der Waals surface area contributed by atoms with Crippen LogP contribution < -0.4 is 10.3 Å². The quantitative estimate of drug-likeness (QED) is 0.764. The molecule has 7 nitrogen and oxygen atoms in total. The second-order valence-electron chi connectivity index (χ2n) is 4.57. The van der Waals surface area contributed by atoms with Crippen LogP contribution in [-0.4, -0.2) is 37.4 Å². The van der Waals surface area contributed by atoms with Crippen molar-refractivity contribution in [3.63, 3.8) is 0 Å². The highest BCUT2D eigenvalue weighted by atomic mass is 32.2. The zero-order chi connectivity index (χ0) is 15.2. The third-order valence-electron chi connectivity index (χ3n) is 3.29. The van der Waals surface area contributed by atoms with E-state index in [0.717, 1.165) is 13.3 Å². The van der Waals surface area contributed by atoms with Crippen LogP contribution in [0.4, 0.5) is 4.39 Å². The minimum atomic E-state index is -3.80. The minimum Gasteiger partial charge on any atom is -0.486 e. The number of aromatic nitrogens is 2. The fourth-order valence-corrected chi connectivity index (χ4v) is 3.20. The molecule has 2 aromatic rings. The fraction of sp³-hybridized carbons (Fsp3) is 0.333. The van der Waals surface area contributed by atoms with Crippen molar-refractivity contribution in [3.8, 4) is 5.75 Å². The van der Waals surface area contributed by atoms with Gasteiger partial charge in [0.1, 0.15) is 12.1 Å². The van der Waals surface area contributed by atoms with E-state index in [-0.39, 0.29) is 17.9 Å². The largest absolute Gasteiger partial charge is 0.486 e. The molecule has 0 spiro atoms. The van der Waals surface area contributed by atoms with Crippen LogP contribution in [0.2, 0.25) is 0 Å². The molecule has 0 aliphatic carbocycles. The lowest BCUT2D eigenvalue weighted by atomic mass is 10.2. The Hall–Kier alpha value is -2.00. The number of nitrogens with zero attached hydrogens (tertiary/aromatic N) is 2. The summed E-state index contributed by atoms with van der Waals surface area (Å²) in [5.74, 6) is -1.24. The first-order chi connectivity index (χ1) is 9.93. The Morgan fingerprint density at radius 2 is 2.29 bits per heavy atom. The monoisotopic (exact) mass is 314 g/mol. The van der Waals surface area contributed by atoms with Crippen molar-refractivity contribution in [1.82, 2.24) is 9.55 Å². The zero-order valence-corrected chi connectivity index (χ0v) is 11.8. The summed E-state index contributed by atoms with van der Waals surface area (Å²) < 4.78 is 47.8. The predicted molar refractivity (Wildman–Crippen MR) is 71.3 cm³/mol. The van der Waals surface area contributed by atoms with Gasteiger partial charge in [-0.2, -0.15) is 8.42 Å². The third kappa shape index (κ3) is 2.28. The minimum absolute atomic E-state index is 0.0937. The van der Waals surface area contributed by atoms with E-state index >= 15 is 0 Å². The summed E-state index contributed by atoms with van der Waals surface area (Å²) in [6.07, 6.45) is 0.999. The summed E-state index contributed by atoms with van der Waals surface area (Å²) in [7, 11) is -2.76. The topological polar surface area (TPSA) is 87.5 Å². The summed E-state index contributed by atoms with van der Waals surface area (Å²) in [6.45, 7) is -0.143. The third-order valence-corrected chi connectivity index (χ3v) is 4.59. The lowest BCUT2D eigenvalue weighted by Crippen LogP contribution is -2.36. The molecule has 2 aromatic heterocycles. The molecule has 0 aromatic carbocycles. The van der Waals surface area contributed by atoms with Gasteiger partial charge < -0.3 is 4.74 Å². The van der Waals surface area contributed by atoms with Crippen LogP contribution in [0.1, 0.15) is 6.04 Å². The molecule has 1 atom stereocenters. The summed E-state index contributed by atoms with van der Waals surface area (Å²) >= 11 is 0. The van der Waals surface area contributed by atoms with Gasteiger partial charge in [0, 0.05) is 6.07 Å². The standard InChI is InChI=1S/C12H11FN2O5S/c1-19-21(17,18)6-7-5-20-12-8(13)4-14-9-2-3-10(16)15(7)11(9)12/h2-4,7H,5-6H2,1H3/t7-/m0/s1. The molecular formula is C12H11FN2O5S. The van der Waals surface area contributed by atoms with Crippen molar-refractivity contribution >= 4 is 21.2 Å². The zero-order valence-electron chi connectivity index (χ0n) is 10.9. The summed E-state index contributed by atoms with van der Waals surface area (Å²) in [5, 5.41) is 0. The predicted octanol–water partition coefficient (Wildman–Crippen LogP) is 0.445. The van der Waals surface area contributed by atoms with Crippen molar-refractivity contribution in [2.24, 2.45) is 0 Å². The van der Waals surface area contributed by atoms with Gasteiger partial charge in [0.2, 0.25) is 0 Å².